The van der Waals surface area contributed by atoms with E-state index in [2.05, 4.69) is 35.0 Å². The summed E-state index contributed by atoms with van der Waals surface area (Å²) in [7, 11) is 0. The SMILES string of the molecule is CCCc1ccc(N)c(Br)c1. The van der Waals surface area contributed by atoms with Crippen molar-refractivity contribution in [2.45, 2.75) is 19.8 Å². The molecule has 0 aliphatic heterocycles. The van der Waals surface area contributed by atoms with Gasteiger partial charge in [-0.1, -0.05) is 19.4 Å². The molecule has 0 aliphatic carbocycles. The summed E-state index contributed by atoms with van der Waals surface area (Å²) in [5, 5.41) is 0. The zero-order valence-electron chi connectivity index (χ0n) is 6.60. The molecule has 2 heteroatoms. The van der Waals surface area contributed by atoms with Crippen molar-refractivity contribution in [3.63, 3.8) is 0 Å². The quantitative estimate of drug-likeness (QED) is 0.752. The average Bonchev–Trinajstić information content (AvgIpc) is 1.98. The molecule has 1 aromatic carbocycles. The van der Waals surface area contributed by atoms with Gasteiger partial charge in [-0.3, -0.25) is 0 Å². The summed E-state index contributed by atoms with van der Waals surface area (Å²) in [6.45, 7) is 2.17. The summed E-state index contributed by atoms with van der Waals surface area (Å²) in [5.74, 6) is 0. The molecule has 0 saturated heterocycles. The van der Waals surface area contributed by atoms with Gasteiger partial charge in [0.2, 0.25) is 0 Å². The predicted octanol–water partition coefficient (Wildman–Crippen LogP) is 2.98. The highest BCUT2D eigenvalue weighted by atomic mass is 79.9. The van der Waals surface area contributed by atoms with E-state index in [1.165, 1.54) is 12.0 Å². The second-order valence-electron chi connectivity index (χ2n) is 2.61. The molecule has 0 radical (unpaired) electrons. The lowest BCUT2D eigenvalue weighted by molar-refractivity contribution is 0.921. The van der Waals surface area contributed by atoms with Crippen molar-refractivity contribution in [3.05, 3.63) is 28.2 Å². The third-order valence-electron chi connectivity index (χ3n) is 1.60. The van der Waals surface area contributed by atoms with E-state index < -0.39 is 0 Å². The van der Waals surface area contributed by atoms with Gasteiger partial charge in [0.25, 0.3) is 0 Å². The Kier molecular flexibility index (Phi) is 2.94. The topological polar surface area (TPSA) is 26.0 Å². The van der Waals surface area contributed by atoms with Crippen molar-refractivity contribution >= 4 is 21.6 Å². The van der Waals surface area contributed by atoms with E-state index in [1.54, 1.807) is 0 Å². The molecule has 0 saturated carbocycles. The predicted molar refractivity (Wildman–Crippen MR) is 52.5 cm³/mol. The molecule has 0 atom stereocenters. The first kappa shape index (κ1) is 8.60. The second-order valence-corrected chi connectivity index (χ2v) is 3.46. The van der Waals surface area contributed by atoms with Crippen LogP contribution in [0, 0.1) is 0 Å². The van der Waals surface area contributed by atoms with Crippen LogP contribution in [-0.2, 0) is 6.42 Å². The van der Waals surface area contributed by atoms with Gasteiger partial charge in [-0.25, -0.2) is 0 Å². The zero-order valence-corrected chi connectivity index (χ0v) is 8.19. The summed E-state index contributed by atoms with van der Waals surface area (Å²) in [6.07, 6.45) is 2.30. The van der Waals surface area contributed by atoms with Gasteiger partial charge in [-0.2, -0.15) is 0 Å². The molecule has 0 aromatic heterocycles. The molecule has 0 unspecified atom stereocenters. The highest BCUT2D eigenvalue weighted by Crippen LogP contribution is 2.20. The maximum absolute atomic E-state index is 5.64. The van der Waals surface area contributed by atoms with Gasteiger partial charge in [-0.05, 0) is 40.0 Å². The van der Waals surface area contributed by atoms with E-state index >= 15 is 0 Å². The van der Waals surface area contributed by atoms with Crippen molar-refractivity contribution in [2.75, 3.05) is 5.73 Å². The number of nitrogen functional groups attached to an aromatic ring is 1. The molecule has 1 aromatic rings. The molecule has 2 N–H and O–H groups in total. The van der Waals surface area contributed by atoms with Gasteiger partial charge in [0.15, 0.2) is 0 Å². The van der Waals surface area contributed by atoms with Crippen molar-refractivity contribution in [3.8, 4) is 0 Å². The summed E-state index contributed by atoms with van der Waals surface area (Å²) >= 11 is 3.39. The van der Waals surface area contributed by atoms with Crippen molar-refractivity contribution in [1.82, 2.24) is 0 Å². The molecule has 60 valence electrons. The highest BCUT2D eigenvalue weighted by Gasteiger charge is 1.95. The summed E-state index contributed by atoms with van der Waals surface area (Å²) in [5.41, 5.74) is 7.79. The second kappa shape index (κ2) is 3.77. The Labute approximate surface area is 75.7 Å². The summed E-state index contributed by atoms with van der Waals surface area (Å²) < 4.78 is 1.00. The van der Waals surface area contributed by atoms with Gasteiger partial charge >= 0.3 is 0 Å². The fraction of sp³-hybridized carbons (Fsp3) is 0.333. The Balaban J connectivity index is 2.86. The molecule has 11 heavy (non-hydrogen) atoms. The molecular weight excluding hydrogens is 202 g/mol. The van der Waals surface area contributed by atoms with Crippen LogP contribution in [0.15, 0.2) is 22.7 Å². The van der Waals surface area contributed by atoms with Gasteiger partial charge < -0.3 is 5.73 Å². The van der Waals surface area contributed by atoms with Crippen LogP contribution in [0.3, 0.4) is 0 Å². The molecule has 0 heterocycles. The molecule has 0 aliphatic rings. The molecule has 1 rings (SSSR count). The Bertz CT molecular complexity index is 245. The van der Waals surface area contributed by atoms with E-state index in [0.717, 1.165) is 16.6 Å². The number of nitrogens with two attached hydrogens (primary N) is 1. The van der Waals surface area contributed by atoms with Crippen LogP contribution in [-0.4, -0.2) is 0 Å². The van der Waals surface area contributed by atoms with E-state index in [1.807, 2.05) is 6.07 Å². The smallest absolute Gasteiger partial charge is 0.0458 e. The highest BCUT2D eigenvalue weighted by molar-refractivity contribution is 9.10. The Hall–Kier alpha value is -0.500. The minimum absolute atomic E-state index is 0.810. The standard InChI is InChI=1S/C9H12BrN/c1-2-3-7-4-5-9(11)8(10)6-7/h4-6H,2-3,11H2,1H3. The molecule has 0 bridgehead atoms. The lowest BCUT2D eigenvalue weighted by Crippen LogP contribution is -1.88. The van der Waals surface area contributed by atoms with E-state index in [9.17, 15) is 0 Å². The van der Waals surface area contributed by atoms with Crippen molar-refractivity contribution in [2.24, 2.45) is 0 Å². The molecule has 0 spiro atoms. The monoisotopic (exact) mass is 213 g/mol. The maximum atomic E-state index is 5.64. The molecular formula is C9H12BrN. The molecule has 0 fully saturated rings. The normalized spacial score (nSPS) is 10.0. The van der Waals surface area contributed by atoms with Gasteiger partial charge in [-0.15, -0.1) is 0 Å². The van der Waals surface area contributed by atoms with Crippen LogP contribution in [0.1, 0.15) is 18.9 Å². The lowest BCUT2D eigenvalue weighted by Gasteiger charge is -2.01. The number of halogens is 1. The summed E-state index contributed by atoms with van der Waals surface area (Å²) in [4.78, 5) is 0. The molecule has 1 nitrogen and oxygen atoms in total. The average molecular weight is 214 g/mol. The third kappa shape index (κ3) is 2.22. The fourth-order valence-electron chi connectivity index (χ4n) is 1.01. The number of hydrogen-bond acceptors (Lipinski definition) is 1. The first-order chi connectivity index (χ1) is 5.24. The van der Waals surface area contributed by atoms with Gasteiger partial charge in [0.1, 0.15) is 0 Å². The van der Waals surface area contributed by atoms with Crippen LogP contribution in [0.25, 0.3) is 0 Å². The van der Waals surface area contributed by atoms with Crippen LogP contribution >= 0.6 is 15.9 Å². The lowest BCUT2D eigenvalue weighted by atomic mass is 10.1. The number of aryl methyl sites for hydroxylation is 1. The minimum Gasteiger partial charge on any atom is -0.398 e. The first-order valence-corrected chi connectivity index (χ1v) is 4.57. The van der Waals surface area contributed by atoms with Crippen molar-refractivity contribution < 1.29 is 0 Å². The maximum Gasteiger partial charge on any atom is 0.0458 e. The van der Waals surface area contributed by atoms with E-state index in [0.29, 0.717) is 0 Å². The Morgan fingerprint density at radius 1 is 1.45 bits per heavy atom. The minimum atomic E-state index is 0.810. The molecule has 0 amide bonds. The van der Waals surface area contributed by atoms with Gasteiger partial charge in [0, 0.05) is 10.2 Å². The van der Waals surface area contributed by atoms with E-state index in [-0.39, 0.29) is 0 Å². The Morgan fingerprint density at radius 3 is 2.73 bits per heavy atom. The largest absolute Gasteiger partial charge is 0.398 e. The van der Waals surface area contributed by atoms with Crippen LogP contribution in [0.5, 0.6) is 0 Å². The zero-order chi connectivity index (χ0) is 8.27. The van der Waals surface area contributed by atoms with E-state index in [4.69, 9.17) is 5.73 Å². The fourth-order valence-corrected chi connectivity index (χ4v) is 1.44. The van der Waals surface area contributed by atoms with Crippen LogP contribution < -0.4 is 5.73 Å². The number of benzene rings is 1. The number of hydrogen-bond donors (Lipinski definition) is 1. The Morgan fingerprint density at radius 2 is 2.18 bits per heavy atom. The van der Waals surface area contributed by atoms with Crippen LogP contribution in [0.4, 0.5) is 5.69 Å². The third-order valence-corrected chi connectivity index (χ3v) is 2.29. The van der Waals surface area contributed by atoms with Gasteiger partial charge in [0.05, 0.1) is 0 Å². The number of anilines is 1. The first-order valence-electron chi connectivity index (χ1n) is 3.78. The van der Waals surface area contributed by atoms with Crippen LogP contribution in [0.2, 0.25) is 0 Å². The summed E-state index contributed by atoms with van der Waals surface area (Å²) in [6, 6.07) is 6.09. The van der Waals surface area contributed by atoms with Crippen molar-refractivity contribution in [1.29, 1.82) is 0 Å². The number of rotatable bonds is 2.